The fourth-order valence-electron chi connectivity index (χ4n) is 7.21. The maximum Gasteiger partial charge on any atom is 0.143 e. The Labute approximate surface area is 263 Å². The Hall–Kier alpha value is -5.66. The van der Waals surface area contributed by atoms with Crippen LogP contribution in [-0.4, -0.2) is 0 Å². The van der Waals surface area contributed by atoms with Crippen LogP contribution in [0.4, 0.5) is 0 Å². The van der Waals surface area contributed by atoms with Gasteiger partial charge in [0, 0.05) is 22.3 Å². The van der Waals surface area contributed by atoms with Crippen LogP contribution in [0.1, 0.15) is 33.7 Å². The second-order valence-corrected chi connectivity index (χ2v) is 12.1. The Morgan fingerprint density at radius 1 is 0.422 bits per heavy atom. The van der Waals surface area contributed by atoms with Gasteiger partial charge in [-0.25, -0.2) is 0 Å². The zero-order valence-corrected chi connectivity index (χ0v) is 24.8. The number of para-hydroxylation sites is 2. The molecule has 1 unspecified atom stereocenters. The summed E-state index contributed by atoms with van der Waals surface area (Å²) >= 11 is 0. The van der Waals surface area contributed by atoms with E-state index < -0.39 is 0 Å². The van der Waals surface area contributed by atoms with Crippen molar-refractivity contribution >= 4 is 21.9 Å². The van der Waals surface area contributed by atoms with Gasteiger partial charge in [-0.05, 0) is 74.2 Å². The molecule has 0 saturated heterocycles. The fraction of sp³-hybridized carbons (Fsp3) is 0.0455. The molecule has 0 saturated carbocycles. The molecule has 0 aliphatic heterocycles. The number of furan rings is 1. The first-order valence-electron chi connectivity index (χ1n) is 15.7. The summed E-state index contributed by atoms with van der Waals surface area (Å²) < 4.78 is 6.28. The number of benzene rings is 7. The van der Waals surface area contributed by atoms with Crippen molar-refractivity contribution in [3.63, 3.8) is 0 Å². The summed E-state index contributed by atoms with van der Waals surface area (Å²) in [5.74, 6) is 0.284. The van der Waals surface area contributed by atoms with Crippen LogP contribution in [0.5, 0.6) is 0 Å². The SMILES string of the molecule is c1ccc(C2c3ccccc3-c3cc(-c4ccc(Cc5ccc(-c6cccc7c6oc6ccccc67)cc5)cc4)ccc32)cc1. The first-order chi connectivity index (χ1) is 22.3. The van der Waals surface area contributed by atoms with Crippen molar-refractivity contribution in [2.75, 3.05) is 0 Å². The highest BCUT2D eigenvalue weighted by atomic mass is 16.3. The van der Waals surface area contributed by atoms with Crippen molar-refractivity contribution < 1.29 is 4.42 Å². The van der Waals surface area contributed by atoms with E-state index in [2.05, 4.69) is 152 Å². The number of fused-ring (bicyclic) bond motifs is 6. The summed E-state index contributed by atoms with van der Waals surface area (Å²) in [6, 6.07) is 59.4. The highest BCUT2D eigenvalue weighted by molar-refractivity contribution is 6.09. The average Bonchev–Trinajstić information content (AvgIpc) is 3.65. The molecular formula is C44H30O. The molecule has 7 aromatic carbocycles. The zero-order valence-electron chi connectivity index (χ0n) is 24.8. The molecule has 0 fully saturated rings. The fourth-order valence-corrected chi connectivity index (χ4v) is 7.21. The van der Waals surface area contributed by atoms with Gasteiger partial charge in [-0.15, -0.1) is 0 Å². The van der Waals surface area contributed by atoms with E-state index in [9.17, 15) is 0 Å². The van der Waals surface area contributed by atoms with Crippen LogP contribution in [0.25, 0.3) is 55.3 Å². The summed E-state index contributed by atoms with van der Waals surface area (Å²) in [5.41, 5.74) is 16.1. The van der Waals surface area contributed by atoms with Gasteiger partial charge in [-0.1, -0.05) is 152 Å². The Kier molecular flexibility index (Phi) is 6.02. The molecular weight excluding hydrogens is 544 g/mol. The quantitative estimate of drug-likeness (QED) is 0.199. The number of hydrogen-bond acceptors (Lipinski definition) is 1. The predicted molar refractivity (Wildman–Crippen MR) is 187 cm³/mol. The molecule has 212 valence electrons. The van der Waals surface area contributed by atoms with Gasteiger partial charge in [0.25, 0.3) is 0 Å². The van der Waals surface area contributed by atoms with Gasteiger partial charge >= 0.3 is 0 Å². The van der Waals surface area contributed by atoms with E-state index in [0.29, 0.717) is 0 Å². The van der Waals surface area contributed by atoms with Crippen molar-refractivity contribution in [1.82, 2.24) is 0 Å². The van der Waals surface area contributed by atoms with Gasteiger partial charge < -0.3 is 4.42 Å². The summed E-state index contributed by atoms with van der Waals surface area (Å²) in [6.45, 7) is 0. The minimum Gasteiger partial charge on any atom is -0.455 e. The lowest BCUT2D eigenvalue weighted by atomic mass is 9.89. The summed E-state index contributed by atoms with van der Waals surface area (Å²) in [5, 5.41) is 2.33. The standard InChI is InChI=1S/C44H30O/c1-2-9-33(10-3-1)43-38-13-5-4-11-36(38)41-28-34(25-26-39(41)43)31-21-17-29(18-22-31)27-30-19-23-32(24-20-30)35-14-8-15-40-37-12-6-7-16-42(37)45-44(35)40/h1-26,28,43H,27H2. The van der Waals surface area contributed by atoms with Gasteiger partial charge in [0.05, 0.1) is 0 Å². The van der Waals surface area contributed by atoms with Gasteiger partial charge in [0.2, 0.25) is 0 Å². The molecule has 1 atom stereocenters. The largest absolute Gasteiger partial charge is 0.455 e. The van der Waals surface area contributed by atoms with Crippen LogP contribution in [0.15, 0.2) is 168 Å². The van der Waals surface area contributed by atoms with Crippen LogP contribution in [0.2, 0.25) is 0 Å². The summed E-state index contributed by atoms with van der Waals surface area (Å²) in [6.07, 6.45) is 0.895. The van der Waals surface area contributed by atoms with Crippen LogP contribution in [0, 0.1) is 0 Å². The lowest BCUT2D eigenvalue weighted by Crippen LogP contribution is -1.98. The molecule has 0 spiro atoms. The van der Waals surface area contributed by atoms with Gasteiger partial charge in [-0.3, -0.25) is 0 Å². The first-order valence-corrected chi connectivity index (χ1v) is 15.7. The molecule has 8 aromatic rings. The van der Waals surface area contributed by atoms with Crippen LogP contribution in [0.3, 0.4) is 0 Å². The van der Waals surface area contributed by atoms with Gasteiger partial charge in [0.1, 0.15) is 11.2 Å². The Balaban J connectivity index is 0.972. The molecule has 1 aliphatic carbocycles. The molecule has 0 radical (unpaired) electrons. The van der Waals surface area contributed by atoms with E-state index in [4.69, 9.17) is 4.42 Å². The molecule has 1 heterocycles. The third-order valence-electron chi connectivity index (χ3n) is 9.42. The van der Waals surface area contributed by atoms with Crippen LogP contribution >= 0.6 is 0 Å². The maximum absolute atomic E-state index is 6.28. The first kappa shape index (κ1) is 25.8. The second-order valence-electron chi connectivity index (χ2n) is 12.1. The molecule has 0 N–H and O–H groups in total. The minimum atomic E-state index is 0.284. The van der Waals surface area contributed by atoms with E-state index in [0.717, 1.165) is 33.9 Å². The van der Waals surface area contributed by atoms with Crippen molar-refractivity contribution in [1.29, 1.82) is 0 Å². The molecule has 1 heteroatoms. The highest BCUT2D eigenvalue weighted by Gasteiger charge is 2.29. The normalized spacial score (nSPS) is 13.6. The topological polar surface area (TPSA) is 13.1 Å². The summed E-state index contributed by atoms with van der Waals surface area (Å²) in [7, 11) is 0. The van der Waals surface area contributed by atoms with Crippen LogP contribution in [-0.2, 0) is 6.42 Å². The monoisotopic (exact) mass is 574 g/mol. The van der Waals surface area contributed by atoms with Gasteiger partial charge in [0.15, 0.2) is 0 Å². The Morgan fingerprint density at radius 2 is 1.04 bits per heavy atom. The Morgan fingerprint density at radius 3 is 1.87 bits per heavy atom. The van der Waals surface area contributed by atoms with E-state index in [-0.39, 0.29) is 5.92 Å². The molecule has 0 amide bonds. The Bertz CT molecular complexity index is 2320. The van der Waals surface area contributed by atoms with E-state index in [1.165, 1.54) is 55.6 Å². The minimum absolute atomic E-state index is 0.284. The zero-order chi connectivity index (χ0) is 29.7. The van der Waals surface area contributed by atoms with Crippen molar-refractivity contribution in [2.24, 2.45) is 0 Å². The number of rotatable bonds is 5. The van der Waals surface area contributed by atoms with E-state index in [1.54, 1.807) is 0 Å². The molecule has 1 aliphatic rings. The maximum atomic E-state index is 6.28. The smallest absolute Gasteiger partial charge is 0.143 e. The van der Waals surface area contributed by atoms with Crippen molar-refractivity contribution in [3.05, 3.63) is 192 Å². The molecule has 45 heavy (non-hydrogen) atoms. The van der Waals surface area contributed by atoms with E-state index >= 15 is 0 Å². The predicted octanol–water partition coefficient (Wildman–Crippen LogP) is 11.7. The molecule has 9 rings (SSSR count). The lowest BCUT2D eigenvalue weighted by molar-refractivity contribution is 0.670. The molecule has 1 aromatic heterocycles. The third kappa shape index (κ3) is 4.39. The molecule has 1 nitrogen and oxygen atoms in total. The second kappa shape index (κ2) is 10.5. The lowest BCUT2D eigenvalue weighted by Gasteiger charge is -2.14. The average molecular weight is 575 g/mol. The van der Waals surface area contributed by atoms with E-state index in [1.807, 2.05) is 12.1 Å². The van der Waals surface area contributed by atoms with Crippen molar-refractivity contribution in [2.45, 2.75) is 12.3 Å². The van der Waals surface area contributed by atoms with Gasteiger partial charge in [-0.2, -0.15) is 0 Å². The molecule has 0 bridgehead atoms. The highest BCUT2D eigenvalue weighted by Crippen LogP contribution is 2.49. The van der Waals surface area contributed by atoms with Crippen molar-refractivity contribution in [3.8, 4) is 33.4 Å². The number of hydrogen-bond donors (Lipinski definition) is 0. The summed E-state index contributed by atoms with van der Waals surface area (Å²) in [4.78, 5) is 0. The third-order valence-corrected chi connectivity index (χ3v) is 9.42. The van der Waals surface area contributed by atoms with Crippen LogP contribution < -0.4 is 0 Å².